The van der Waals surface area contributed by atoms with Crippen LogP contribution in [0.3, 0.4) is 0 Å². The number of nitrogens with two attached hydrogens (primary N) is 1. The predicted molar refractivity (Wildman–Crippen MR) is 126 cm³/mol. The van der Waals surface area contributed by atoms with Crippen LogP contribution in [0.4, 0.5) is 17.5 Å². The summed E-state index contributed by atoms with van der Waals surface area (Å²) in [5, 5.41) is 2.71. The van der Waals surface area contributed by atoms with E-state index in [0.29, 0.717) is 24.4 Å². The molecule has 0 spiro atoms. The van der Waals surface area contributed by atoms with Gasteiger partial charge in [-0.15, -0.1) is 0 Å². The van der Waals surface area contributed by atoms with Crippen molar-refractivity contribution in [3.8, 4) is 5.75 Å². The number of nitrogen functional groups attached to an aromatic ring is 1. The monoisotopic (exact) mass is 460 g/mol. The van der Waals surface area contributed by atoms with Crippen LogP contribution in [0.2, 0.25) is 0 Å². The second-order valence-electron chi connectivity index (χ2n) is 7.68. The molecule has 3 aromatic rings. The van der Waals surface area contributed by atoms with Gasteiger partial charge in [0.15, 0.2) is 0 Å². The lowest BCUT2D eigenvalue weighted by Crippen LogP contribution is -2.55. The molecule has 0 radical (unpaired) electrons. The van der Waals surface area contributed by atoms with Crippen LogP contribution in [0.25, 0.3) is 0 Å². The minimum absolute atomic E-state index is 0.0533. The molecule has 0 bridgehead atoms. The third kappa shape index (κ3) is 5.12. The van der Waals surface area contributed by atoms with Gasteiger partial charge in [0.25, 0.3) is 5.91 Å². The van der Waals surface area contributed by atoms with Crippen molar-refractivity contribution in [2.24, 2.45) is 0 Å². The molecule has 4 rings (SSSR count). The number of imide groups is 1. The maximum absolute atomic E-state index is 12.6. The first-order valence-corrected chi connectivity index (χ1v) is 10.6. The zero-order chi connectivity index (χ0) is 24.1. The zero-order valence-electron chi connectivity index (χ0n) is 18.6. The fourth-order valence-electron chi connectivity index (χ4n) is 3.55. The molecular weight excluding hydrogens is 436 g/mol. The van der Waals surface area contributed by atoms with Gasteiger partial charge in [0, 0.05) is 18.4 Å². The summed E-state index contributed by atoms with van der Waals surface area (Å²) >= 11 is 0. The van der Waals surface area contributed by atoms with Crippen molar-refractivity contribution in [3.63, 3.8) is 0 Å². The molecule has 0 unspecified atom stereocenters. The minimum atomic E-state index is -0.480. The van der Waals surface area contributed by atoms with Crippen molar-refractivity contribution >= 4 is 35.2 Å². The van der Waals surface area contributed by atoms with Crippen LogP contribution in [-0.2, 0) is 16.0 Å². The third-order valence-electron chi connectivity index (χ3n) is 5.40. The predicted octanol–water partition coefficient (Wildman–Crippen LogP) is 1.74. The highest BCUT2D eigenvalue weighted by Crippen LogP contribution is 2.20. The Bertz CT molecular complexity index is 1180. The molecule has 2 heterocycles. The summed E-state index contributed by atoms with van der Waals surface area (Å²) in [6, 6.07) is 16.5. The number of amides is 3. The van der Waals surface area contributed by atoms with Gasteiger partial charge >= 0.3 is 0 Å². The Labute approximate surface area is 196 Å². The topological polar surface area (TPSA) is 131 Å². The Hall–Kier alpha value is -4.47. The maximum Gasteiger partial charge on any atom is 0.260 e. The van der Waals surface area contributed by atoms with Crippen LogP contribution in [0, 0.1) is 0 Å². The molecule has 2 aromatic carbocycles. The summed E-state index contributed by atoms with van der Waals surface area (Å²) < 4.78 is 5.10. The van der Waals surface area contributed by atoms with Crippen molar-refractivity contribution < 1.29 is 19.1 Å². The fraction of sp³-hybridized carbons (Fsp3) is 0.208. The van der Waals surface area contributed by atoms with Crippen LogP contribution in [-0.4, -0.2) is 59.3 Å². The van der Waals surface area contributed by atoms with Crippen LogP contribution >= 0.6 is 0 Å². The van der Waals surface area contributed by atoms with Gasteiger partial charge < -0.3 is 20.7 Å². The summed E-state index contributed by atoms with van der Waals surface area (Å²) in [5.41, 5.74) is 7.68. The second-order valence-corrected chi connectivity index (χ2v) is 7.68. The molecule has 3 N–H and O–H groups in total. The number of anilines is 3. The van der Waals surface area contributed by atoms with Gasteiger partial charge in [-0.2, -0.15) is 4.98 Å². The molecule has 1 aliphatic heterocycles. The fourth-order valence-corrected chi connectivity index (χ4v) is 3.55. The first-order valence-electron chi connectivity index (χ1n) is 10.6. The lowest BCUT2D eigenvalue weighted by molar-refractivity contribution is -0.145. The normalized spacial score (nSPS) is 13.7. The van der Waals surface area contributed by atoms with E-state index >= 15 is 0 Å². The van der Waals surface area contributed by atoms with E-state index in [1.165, 1.54) is 16.0 Å². The van der Waals surface area contributed by atoms with Crippen molar-refractivity contribution in [3.05, 3.63) is 71.9 Å². The third-order valence-corrected chi connectivity index (χ3v) is 5.40. The summed E-state index contributed by atoms with van der Waals surface area (Å²) in [5.74, 6) is -0.432. The van der Waals surface area contributed by atoms with Gasteiger partial charge in [-0.25, -0.2) is 4.98 Å². The number of ether oxygens (including phenoxy) is 1. The SMILES string of the molecule is COc1ccc(NC(=O)c2cnc(N3CC(=O)N(CCc4ccccc4)C(=O)C3)nc2N)cc1. The van der Waals surface area contributed by atoms with Gasteiger partial charge in [-0.3, -0.25) is 19.3 Å². The smallest absolute Gasteiger partial charge is 0.260 e. The highest BCUT2D eigenvalue weighted by Gasteiger charge is 2.32. The molecule has 3 amide bonds. The van der Waals surface area contributed by atoms with Crippen molar-refractivity contribution in [2.45, 2.75) is 6.42 Å². The number of methoxy groups -OCH3 is 1. The molecule has 10 heteroatoms. The first kappa shape index (κ1) is 22.7. The lowest BCUT2D eigenvalue weighted by atomic mass is 10.1. The Kier molecular flexibility index (Phi) is 6.67. The van der Waals surface area contributed by atoms with Crippen LogP contribution in [0.1, 0.15) is 15.9 Å². The first-order chi connectivity index (χ1) is 16.4. The van der Waals surface area contributed by atoms with Crippen LogP contribution in [0.5, 0.6) is 5.75 Å². The van der Waals surface area contributed by atoms with Crippen molar-refractivity contribution in [2.75, 3.05) is 42.7 Å². The van der Waals surface area contributed by atoms with Gasteiger partial charge in [-0.05, 0) is 36.2 Å². The van der Waals surface area contributed by atoms with Gasteiger partial charge in [0.1, 0.15) is 30.2 Å². The summed E-state index contributed by atoms with van der Waals surface area (Å²) in [6.07, 6.45) is 1.87. The molecule has 1 fully saturated rings. The summed E-state index contributed by atoms with van der Waals surface area (Å²) in [7, 11) is 1.55. The van der Waals surface area contributed by atoms with Crippen molar-refractivity contribution in [1.82, 2.24) is 14.9 Å². The van der Waals surface area contributed by atoms with E-state index in [4.69, 9.17) is 10.5 Å². The molecule has 34 heavy (non-hydrogen) atoms. The van der Waals surface area contributed by atoms with E-state index in [0.717, 1.165) is 5.56 Å². The number of aromatic nitrogens is 2. The van der Waals surface area contributed by atoms with Gasteiger partial charge in [0.05, 0.1) is 7.11 Å². The highest BCUT2D eigenvalue weighted by molar-refractivity contribution is 6.07. The van der Waals surface area contributed by atoms with E-state index in [2.05, 4.69) is 15.3 Å². The molecule has 0 atom stereocenters. The molecule has 0 aliphatic carbocycles. The second kappa shape index (κ2) is 9.99. The Morgan fingerprint density at radius 3 is 2.35 bits per heavy atom. The Balaban J connectivity index is 1.39. The number of rotatable bonds is 7. The number of hydrogen-bond donors (Lipinski definition) is 2. The maximum atomic E-state index is 12.6. The number of benzene rings is 2. The molecule has 1 aromatic heterocycles. The van der Waals surface area contributed by atoms with Crippen LogP contribution < -0.4 is 20.7 Å². The standard InChI is InChI=1S/C24H24N6O4/c1-34-18-9-7-17(8-10-18)27-23(33)19-13-26-24(28-22(19)25)29-14-20(31)30(21(32)15-29)12-11-16-5-3-2-4-6-16/h2-10,13H,11-12,14-15H2,1H3,(H,27,33)(H2,25,26,28). The summed E-state index contributed by atoms with van der Waals surface area (Å²) in [4.78, 5) is 48.9. The number of hydrogen-bond acceptors (Lipinski definition) is 8. The van der Waals surface area contributed by atoms with E-state index in [-0.39, 0.29) is 42.2 Å². The van der Waals surface area contributed by atoms with E-state index in [1.54, 1.807) is 31.4 Å². The molecule has 1 saturated heterocycles. The Morgan fingerprint density at radius 1 is 1.06 bits per heavy atom. The molecule has 0 saturated carbocycles. The minimum Gasteiger partial charge on any atom is -0.497 e. The van der Waals surface area contributed by atoms with E-state index < -0.39 is 5.91 Å². The molecule has 1 aliphatic rings. The van der Waals surface area contributed by atoms with Crippen LogP contribution in [0.15, 0.2) is 60.8 Å². The molecular formula is C24H24N6O4. The average Bonchev–Trinajstić information content (AvgIpc) is 2.84. The van der Waals surface area contributed by atoms with Gasteiger partial charge in [0.2, 0.25) is 17.8 Å². The number of nitrogens with zero attached hydrogens (tertiary/aromatic N) is 4. The average molecular weight is 460 g/mol. The summed E-state index contributed by atoms with van der Waals surface area (Å²) in [6.45, 7) is 0.192. The number of carbonyl (C=O) groups excluding carboxylic acids is 3. The molecule has 10 nitrogen and oxygen atoms in total. The lowest BCUT2D eigenvalue weighted by Gasteiger charge is -2.32. The van der Waals surface area contributed by atoms with E-state index in [1.807, 2.05) is 30.3 Å². The quantitative estimate of drug-likeness (QED) is 0.510. The molecule has 174 valence electrons. The van der Waals surface area contributed by atoms with Crippen molar-refractivity contribution in [1.29, 1.82) is 0 Å². The number of carbonyl (C=O) groups is 3. The Morgan fingerprint density at radius 2 is 1.74 bits per heavy atom. The largest absolute Gasteiger partial charge is 0.497 e. The van der Waals surface area contributed by atoms with E-state index in [9.17, 15) is 14.4 Å². The number of nitrogens with one attached hydrogen (secondary N) is 1. The number of piperazine rings is 1. The van der Waals surface area contributed by atoms with Gasteiger partial charge in [-0.1, -0.05) is 30.3 Å². The highest BCUT2D eigenvalue weighted by atomic mass is 16.5. The zero-order valence-corrected chi connectivity index (χ0v) is 18.6.